The van der Waals surface area contributed by atoms with Crippen LogP contribution in [-0.2, 0) is 24.0 Å². The summed E-state index contributed by atoms with van der Waals surface area (Å²) in [6.45, 7) is 0. The Balaban J connectivity index is 1.40. The molecule has 1 amide bonds. The molecule has 0 unspecified atom stereocenters. The maximum atomic E-state index is 12.4. The quantitative estimate of drug-likeness (QED) is 0.428. The van der Waals surface area contributed by atoms with Crippen LogP contribution in [0.25, 0.3) is 10.9 Å². The molecule has 4 aromatic rings. The fourth-order valence-electron chi connectivity index (χ4n) is 2.98. The molecule has 0 saturated carbocycles. The van der Waals surface area contributed by atoms with Gasteiger partial charge in [0.25, 0.3) is 5.56 Å². The number of amides is 1. The summed E-state index contributed by atoms with van der Waals surface area (Å²) in [5.74, 6) is 2.03. The number of H-pyrrole nitrogens is 1. The first-order chi connectivity index (χ1) is 15.0. The first kappa shape index (κ1) is 20.6. The number of fused-ring (bicyclic) bond motifs is 1. The van der Waals surface area contributed by atoms with Gasteiger partial charge in [0.1, 0.15) is 17.4 Å². The molecule has 4 rings (SSSR count). The van der Waals surface area contributed by atoms with Gasteiger partial charge in [-0.2, -0.15) is 0 Å². The van der Waals surface area contributed by atoms with E-state index in [4.69, 9.17) is 4.74 Å². The zero-order valence-corrected chi connectivity index (χ0v) is 17.8. The third-order valence-electron chi connectivity index (χ3n) is 4.62. The fraction of sp³-hybridized carbons (Fsp3) is 0.190. The molecular weight excluding hydrogens is 416 g/mol. The zero-order chi connectivity index (χ0) is 21.8. The van der Waals surface area contributed by atoms with E-state index in [2.05, 4.69) is 25.5 Å². The maximum Gasteiger partial charge on any atom is 0.258 e. The largest absolute Gasteiger partial charge is 0.497 e. The van der Waals surface area contributed by atoms with Gasteiger partial charge in [-0.1, -0.05) is 23.9 Å². The number of para-hydroxylation sites is 1. The van der Waals surface area contributed by atoms with Crippen molar-refractivity contribution < 1.29 is 9.53 Å². The van der Waals surface area contributed by atoms with Crippen molar-refractivity contribution in [1.82, 2.24) is 24.7 Å². The van der Waals surface area contributed by atoms with E-state index < -0.39 is 0 Å². The number of ether oxygens (including phenoxy) is 1. The van der Waals surface area contributed by atoms with Crippen molar-refractivity contribution in [2.75, 3.05) is 12.4 Å². The number of benzene rings is 2. The number of rotatable bonds is 7. The number of aromatic nitrogens is 5. The summed E-state index contributed by atoms with van der Waals surface area (Å²) in [5, 5.41) is 12.3. The first-order valence-electron chi connectivity index (χ1n) is 9.46. The lowest BCUT2D eigenvalue weighted by Crippen LogP contribution is -2.17. The van der Waals surface area contributed by atoms with Crippen LogP contribution in [0.4, 0.5) is 5.69 Å². The number of methoxy groups -OCH3 is 1. The van der Waals surface area contributed by atoms with Gasteiger partial charge in [0.2, 0.25) is 5.91 Å². The molecule has 2 aromatic carbocycles. The average molecular weight is 436 g/mol. The van der Waals surface area contributed by atoms with E-state index in [1.807, 2.05) is 6.07 Å². The summed E-state index contributed by atoms with van der Waals surface area (Å²) >= 11 is 1.38. The average Bonchev–Trinajstić information content (AvgIpc) is 3.12. The van der Waals surface area contributed by atoms with Crippen molar-refractivity contribution in [2.45, 2.75) is 17.3 Å². The van der Waals surface area contributed by atoms with Crippen LogP contribution in [0.2, 0.25) is 0 Å². The highest BCUT2D eigenvalue weighted by Gasteiger charge is 2.14. The molecule has 0 radical (unpaired) electrons. The van der Waals surface area contributed by atoms with Crippen LogP contribution in [-0.4, -0.2) is 37.7 Å². The maximum absolute atomic E-state index is 12.4. The highest BCUT2D eigenvalue weighted by atomic mass is 32.2. The lowest BCUT2D eigenvalue weighted by molar-refractivity contribution is -0.115. The normalized spacial score (nSPS) is 10.9. The first-order valence-corrected chi connectivity index (χ1v) is 10.4. The van der Waals surface area contributed by atoms with Crippen molar-refractivity contribution in [2.24, 2.45) is 7.05 Å². The molecule has 2 aromatic heterocycles. The van der Waals surface area contributed by atoms with Crippen molar-refractivity contribution in [3.05, 3.63) is 70.5 Å². The molecule has 2 N–H and O–H groups in total. The van der Waals surface area contributed by atoms with Crippen molar-refractivity contribution in [3.8, 4) is 5.75 Å². The van der Waals surface area contributed by atoms with Crippen LogP contribution in [0.15, 0.2) is 58.5 Å². The molecule has 0 fully saturated rings. The molecule has 0 aliphatic rings. The minimum atomic E-state index is -0.197. The lowest BCUT2D eigenvalue weighted by atomic mass is 10.2. The number of carbonyl (C=O) groups is 1. The number of nitrogens with zero attached hydrogens (tertiary/aromatic N) is 4. The Labute approximate surface area is 181 Å². The zero-order valence-electron chi connectivity index (χ0n) is 17.0. The lowest BCUT2D eigenvalue weighted by Gasteiger charge is -2.07. The van der Waals surface area contributed by atoms with E-state index in [1.54, 1.807) is 61.2 Å². The van der Waals surface area contributed by atoms with Gasteiger partial charge in [-0.15, -0.1) is 10.2 Å². The SMILES string of the molecule is COc1ccc(NC(=O)Cc2nnc(SCc3nc4ccccc4c(=O)[nH]3)n2C)cc1. The minimum Gasteiger partial charge on any atom is -0.497 e. The van der Waals surface area contributed by atoms with Gasteiger partial charge in [0.15, 0.2) is 5.16 Å². The van der Waals surface area contributed by atoms with E-state index in [-0.39, 0.29) is 17.9 Å². The summed E-state index contributed by atoms with van der Waals surface area (Å²) in [6.07, 6.45) is 0.0845. The molecular formula is C21H20N6O3S. The highest BCUT2D eigenvalue weighted by Crippen LogP contribution is 2.20. The van der Waals surface area contributed by atoms with E-state index in [0.29, 0.717) is 39.1 Å². The van der Waals surface area contributed by atoms with Crippen LogP contribution in [0, 0.1) is 0 Å². The van der Waals surface area contributed by atoms with Crippen LogP contribution in [0.1, 0.15) is 11.6 Å². The second-order valence-electron chi connectivity index (χ2n) is 6.73. The Morgan fingerprint density at radius 1 is 1.16 bits per heavy atom. The molecule has 0 aliphatic carbocycles. The Bertz CT molecular complexity index is 1280. The fourth-order valence-corrected chi connectivity index (χ4v) is 3.78. The Morgan fingerprint density at radius 3 is 2.71 bits per heavy atom. The van der Waals surface area contributed by atoms with Crippen LogP contribution >= 0.6 is 11.8 Å². The van der Waals surface area contributed by atoms with Gasteiger partial charge in [0.05, 0.1) is 30.2 Å². The Kier molecular flexibility index (Phi) is 5.99. The predicted octanol–water partition coefficient (Wildman–Crippen LogP) is 2.53. The minimum absolute atomic E-state index is 0.0845. The molecule has 9 nitrogen and oxygen atoms in total. The van der Waals surface area contributed by atoms with Crippen molar-refractivity contribution >= 4 is 34.3 Å². The van der Waals surface area contributed by atoms with Gasteiger partial charge in [-0.3, -0.25) is 9.59 Å². The Morgan fingerprint density at radius 2 is 1.94 bits per heavy atom. The molecule has 0 aliphatic heterocycles. The molecule has 0 saturated heterocycles. The van der Waals surface area contributed by atoms with Crippen LogP contribution in [0.5, 0.6) is 5.75 Å². The van der Waals surface area contributed by atoms with Gasteiger partial charge < -0.3 is 19.6 Å². The molecule has 0 bridgehead atoms. The number of hydrogen-bond acceptors (Lipinski definition) is 7. The monoisotopic (exact) mass is 436 g/mol. The van der Waals surface area contributed by atoms with Crippen LogP contribution in [0.3, 0.4) is 0 Å². The van der Waals surface area contributed by atoms with E-state index in [0.717, 1.165) is 5.75 Å². The summed E-state index contributed by atoms with van der Waals surface area (Å²) in [6, 6.07) is 14.3. The number of nitrogens with one attached hydrogen (secondary N) is 2. The molecule has 2 heterocycles. The standard InChI is InChI=1S/C21H20N6O3S/c1-27-18(11-19(28)22-13-7-9-14(30-2)10-8-13)25-26-21(27)31-12-17-23-16-6-4-3-5-15(16)20(29)24-17/h3-10H,11-12H2,1-2H3,(H,22,28)(H,23,24,29). The molecule has 31 heavy (non-hydrogen) atoms. The highest BCUT2D eigenvalue weighted by molar-refractivity contribution is 7.98. The number of carbonyl (C=O) groups excluding carboxylic acids is 1. The molecule has 10 heteroatoms. The van der Waals surface area contributed by atoms with Crippen LogP contribution < -0.4 is 15.6 Å². The van der Waals surface area contributed by atoms with Gasteiger partial charge in [0, 0.05) is 12.7 Å². The summed E-state index contributed by atoms with van der Waals surface area (Å²) < 4.78 is 6.87. The van der Waals surface area contributed by atoms with E-state index in [1.165, 1.54) is 11.8 Å². The van der Waals surface area contributed by atoms with Crippen molar-refractivity contribution in [3.63, 3.8) is 0 Å². The molecule has 0 atom stereocenters. The third-order valence-corrected chi connectivity index (χ3v) is 5.65. The summed E-state index contributed by atoms with van der Waals surface area (Å²) in [5.41, 5.74) is 1.15. The molecule has 158 valence electrons. The van der Waals surface area contributed by atoms with Gasteiger partial charge in [-0.05, 0) is 36.4 Å². The number of aromatic amines is 1. The van der Waals surface area contributed by atoms with E-state index in [9.17, 15) is 9.59 Å². The number of hydrogen-bond donors (Lipinski definition) is 2. The molecule has 0 spiro atoms. The third kappa shape index (κ3) is 4.75. The topological polar surface area (TPSA) is 115 Å². The second-order valence-corrected chi connectivity index (χ2v) is 7.67. The second kappa shape index (κ2) is 9.00. The predicted molar refractivity (Wildman–Crippen MR) is 118 cm³/mol. The number of thioether (sulfide) groups is 1. The Hall–Kier alpha value is -3.66. The van der Waals surface area contributed by atoms with Gasteiger partial charge >= 0.3 is 0 Å². The number of anilines is 1. The smallest absolute Gasteiger partial charge is 0.258 e. The van der Waals surface area contributed by atoms with Gasteiger partial charge in [-0.25, -0.2) is 4.98 Å². The van der Waals surface area contributed by atoms with E-state index >= 15 is 0 Å². The van der Waals surface area contributed by atoms with Crippen molar-refractivity contribution in [1.29, 1.82) is 0 Å². The summed E-state index contributed by atoms with van der Waals surface area (Å²) in [7, 11) is 3.39. The summed E-state index contributed by atoms with van der Waals surface area (Å²) in [4.78, 5) is 31.8.